The Morgan fingerprint density at radius 1 is 1.18 bits per heavy atom. The van der Waals surface area contributed by atoms with Gasteiger partial charge in [0.2, 0.25) is 5.91 Å². The molecule has 3 unspecified atom stereocenters. The number of ether oxygens (including phenoxy) is 1. The standard InChI is InChI=1S/C34H48BrN3O5S/c1-7-11-12-18-43-33(42)27-28-31(40)38(25(21-39)19-22(5)6)30(34(28)20-26(35)29(27)44-34)32(41)37(17-8-2)24-15-13-23(14-16-24)36(9-3)10-4/h7-8,13-16,22,25-30,39H,1-2,9-12,17-21H2,3-6H3/t25-,26?,27-,28+,29-,30?,34?/m1/s1. The van der Waals surface area contributed by atoms with Gasteiger partial charge in [-0.2, -0.15) is 0 Å². The number of amides is 2. The second-order valence-corrected chi connectivity index (χ2v) is 15.1. The molecule has 2 bridgehead atoms. The minimum absolute atomic E-state index is 0.0589. The highest BCUT2D eigenvalue weighted by molar-refractivity contribution is 9.09. The number of rotatable bonds is 16. The molecule has 2 amide bonds. The van der Waals surface area contributed by atoms with Crippen molar-refractivity contribution in [3.8, 4) is 0 Å². The van der Waals surface area contributed by atoms with Crippen LogP contribution in [0.15, 0.2) is 49.6 Å². The zero-order valence-corrected chi connectivity index (χ0v) is 28.9. The van der Waals surface area contributed by atoms with Crippen molar-refractivity contribution in [1.82, 2.24) is 4.90 Å². The molecule has 0 aromatic heterocycles. The summed E-state index contributed by atoms with van der Waals surface area (Å²) in [6.07, 6.45) is 5.98. The van der Waals surface area contributed by atoms with Gasteiger partial charge >= 0.3 is 5.97 Å². The van der Waals surface area contributed by atoms with Crippen molar-refractivity contribution < 1.29 is 24.2 Å². The van der Waals surface area contributed by atoms with Gasteiger partial charge in [0, 0.05) is 41.1 Å². The molecule has 10 heteroatoms. The maximum absolute atomic E-state index is 14.9. The van der Waals surface area contributed by atoms with Crippen LogP contribution in [0, 0.1) is 17.8 Å². The molecule has 242 valence electrons. The molecule has 3 heterocycles. The van der Waals surface area contributed by atoms with Crippen LogP contribution in [0.4, 0.5) is 11.4 Å². The number of hydrogen-bond donors (Lipinski definition) is 1. The summed E-state index contributed by atoms with van der Waals surface area (Å²) in [6, 6.07) is 6.51. The molecule has 0 radical (unpaired) electrons. The zero-order chi connectivity index (χ0) is 32.2. The van der Waals surface area contributed by atoms with E-state index in [0.29, 0.717) is 24.9 Å². The lowest BCUT2D eigenvalue weighted by Gasteiger charge is -2.40. The molecular weight excluding hydrogens is 642 g/mol. The highest BCUT2D eigenvalue weighted by atomic mass is 79.9. The summed E-state index contributed by atoms with van der Waals surface area (Å²) < 4.78 is 4.88. The largest absolute Gasteiger partial charge is 0.465 e. The molecule has 44 heavy (non-hydrogen) atoms. The summed E-state index contributed by atoms with van der Waals surface area (Å²) in [6.45, 7) is 18.0. The van der Waals surface area contributed by atoms with Crippen LogP contribution in [0.1, 0.15) is 53.4 Å². The molecule has 3 saturated heterocycles. The monoisotopic (exact) mass is 689 g/mol. The van der Waals surface area contributed by atoms with Crippen LogP contribution >= 0.6 is 27.7 Å². The number of benzene rings is 1. The molecular formula is C34H48BrN3O5S. The number of likely N-dealkylation sites (tertiary alicyclic amines) is 1. The second kappa shape index (κ2) is 14.9. The highest BCUT2D eigenvalue weighted by Gasteiger charge is 2.76. The van der Waals surface area contributed by atoms with Gasteiger partial charge in [-0.1, -0.05) is 41.9 Å². The number of carbonyl (C=O) groups excluding carboxylic acids is 3. The number of carbonyl (C=O) groups is 3. The van der Waals surface area contributed by atoms with Crippen molar-refractivity contribution in [2.45, 2.75) is 80.3 Å². The highest BCUT2D eigenvalue weighted by Crippen LogP contribution is 2.68. The first kappa shape index (κ1) is 34.6. The van der Waals surface area contributed by atoms with E-state index in [1.54, 1.807) is 33.7 Å². The number of fused-ring (bicyclic) bond motifs is 1. The predicted octanol–water partition coefficient (Wildman–Crippen LogP) is 5.43. The van der Waals surface area contributed by atoms with E-state index < -0.39 is 28.7 Å². The Bertz CT molecular complexity index is 1210. The summed E-state index contributed by atoms with van der Waals surface area (Å²) in [7, 11) is 0. The number of halogens is 1. The van der Waals surface area contributed by atoms with Crippen LogP contribution in [-0.4, -0.2) is 87.5 Å². The van der Waals surface area contributed by atoms with Gasteiger partial charge in [0.05, 0.1) is 35.8 Å². The fraction of sp³-hybridized carbons (Fsp3) is 0.618. The summed E-state index contributed by atoms with van der Waals surface area (Å²) in [5.74, 6) is -2.03. The van der Waals surface area contributed by atoms with Crippen molar-refractivity contribution in [1.29, 1.82) is 0 Å². The average Bonchev–Trinajstić information content (AvgIpc) is 3.60. The third kappa shape index (κ3) is 6.36. The SMILES string of the molecule is C=CCCCOC(=O)[C@H]1[C@@H]2SC3(CC2Br)C(C(=O)N(CC=C)c2ccc(N(CC)CC)cc2)N([C@@H](CO)CC(C)C)C(=O)[C@H]13. The zero-order valence-electron chi connectivity index (χ0n) is 26.5. The van der Waals surface area contributed by atoms with Crippen LogP contribution < -0.4 is 9.80 Å². The predicted molar refractivity (Wildman–Crippen MR) is 182 cm³/mol. The second-order valence-electron chi connectivity index (χ2n) is 12.4. The first-order chi connectivity index (χ1) is 21.1. The van der Waals surface area contributed by atoms with E-state index in [1.165, 1.54) is 0 Å². The fourth-order valence-electron chi connectivity index (χ4n) is 7.36. The molecule has 1 N–H and O–H groups in total. The van der Waals surface area contributed by atoms with Gasteiger partial charge in [0.1, 0.15) is 6.04 Å². The van der Waals surface area contributed by atoms with E-state index in [2.05, 4.69) is 47.8 Å². The molecule has 8 nitrogen and oxygen atoms in total. The van der Waals surface area contributed by atoms with Crippen molar-refractivity contribution in [2.75, 3.05) is 42.6 Å². The molecule has 4 rings (SSSR count). The Morgan fingerprint density at radius 2 is 1.84 bits per heavy atom. The molecule has 3 aliphatic rings. The van der Waals surface area contributed by atoms with E-state index in [9.17, 15) is 19.5 Å². The van der Waals surface area contributed by atoms with Gasteiger partial charge in [-0.15, -0.1) is 24.9 Å². The molecule has 3 aliphatic heterocycles. The molecule has 1 spiro atoms. The fourth-order valence-corrected chi connectivity index (χ4v) is 10.9. The topological polar surface area (TPSA) is 90.4 Å². The van der Waals surface area contributed by atoms with Crippen molar-refractivity contribution in [3.63, 3.8) is 0 Å². The van der Waals surface area contributed by atoms with Gasteiger partial charge in [-0.25, -0.2) is 0 Å². The van der Waals surface area contributed by atoms with Crippen molar-refractivity contribution in [2.24, 2.45) is 17.8 Å². The lowest BCUT2D eigenvalue weighted by Crippen LogP contribution is -2.58. The molecule has 0 aliphatic carbocycles. The number of aliphatic hydroxyl groups is 1. The first-order valence-electron chi connectivity index (χ1n) is 15.9. The van der Waals surface area contributed by atoms with E-state index in [0.717, 1.165) is 25.2 Å². The summed E-state index contributed by atoms with van der Waals surface area (Å²) in [5.41, 5.74) is 1.79. The normalized spacial score (nSPS) is 27.8. The van der Waals surface area contributed by atoms with Crippen LogP contribution in [0.2, 0.25) is 0 Å². The molecule has 1 aromatic carbocycles. The van der Waals surface area contributed by atoms with E-state index >= 15 is 0 Å². The van der Waals surface area contributed by atoms with Crippen molar-refractivity contribution >= 4 is 56.9 Å². The van der Waals surface area contributed by atoms with Crippen molar-refractivity contribution in [3.05, 3.63) is 49.6 Å². The lowest BCUT2D eigenvalue weighted by atomic mass is 9.71. The van der Waals surface area contributed by atoms with Crippen LogP contribution in [-0.2, 0) is 19.1 Å². The molecule has 0 saturated carbocycles. The maximum Gasteiger partial charge on any atom is 0.310 e. The minimum atomic E-state index is -0.855. The Balaban J connectivity index is 1.77. The summed E-state index contributed by atoms with van der Waals surface area (Å²) in [4.78, 5) is 48.6. The van der Waals surface area contributed by atoms with Gasteiger partial charge in [-0.3, -0.25) is 14.4 Å². The number of anilines is 2. The number of alkyl halides is 1. The number of hydrogen-bond acceptors (Lipinski definition) is 7. The molecule has 1 aromatic rings. The lowest BCUT2D eigenvalue weighted by molar-refractivity contribution is -0.154. The molecule has 7 atom stereocenters. The van der Waals surface area contributed by atoms with Gasteiger partial charge in [-0.05, 0) is 69.7 Å². The van der Waals surface area contributed by atoms with E-state index in [4.69, 9.17) is 4.74 Å². The molecule has 3 fully saturated rings. The summed E-state index contributed by atoms with van der Waals surface area (Å²) >= 11 is 5.40. The number of aliphatic hydroxyl groups excluding tert-OH is 1. The number of nitrogens with zero attached hydrogens (tertiary/aromatic N) is 3. The average molecular weight is 691 g/mol. The number of unbranched alkanes of at least 4 members (excludes halogenated alkanes) is 1. The third-order valence-corrected chi connectivity index (χ3v) is 12.5. The number of esters is 1. The van der Waals surface area contributed by atoms with E-state index in [-0.39, 0.29) is 53.5 Å². The smallest absolute Gasteiger partial charge is 0.310 e. The Morgan fingerprint density at radius 3 is 2.41 bits per heavy atom. The van der Waals surface area contributed by atoms with Gasteiger partial charge < -0.3 is 24.5 Å². The van der Waals surface area contributed by atoms with Crippen LogP contribution in [0.5, 0.6) is 0 Å². The Hall–Kier alpha value is -2.30. The summed E-state index contributed by atoms with van der Waals surface area (Å²) in [5, 5.41) is 10.4. The van der Waals surface area contributed by atoms with Gasteiger partial charge in [0.15, 0.2) is 0 Å². The first-order valence-corrected chi connectivity index (χ1v) is 17.7. The third-order valence-electron chi connectivity index (χ3n) is 9.25. The Labute approximate surface area is 275 Å². The van der Waals surface area contributed by atoms with Crippen LogP contribution in [0.3, 0.4) is 0 Å². The quantitative estimate of drug-likeness (QED) is 0.107. The van der Waals surface area contributed by atoms with Gasteiger partial charge in [0.25, 0.3) is 5.91 Å². The maximum atomic E-state index is 14.9. The minimum Gasteiger partial charge on any atom is -0.465 e. The van der Waals surface area contributed by atoms with E-state index in [1.807, 2.05) is 38.1 Å². The number of thioether (sulfide) groups is 1. The Kier molecular flexibility index (Phi) is 11.7. The number of allylic oxidation sites excluding steroid dienone is 1. The van der Waals surface area contributed by atoms with Crippen LogP contribution in [0.25, 0.3) is 0 Å².